The molecule has 0 saturated carbocycles. The third kappa shape index (κ3) is 3.68. The summed E-state index contributed by atoms with van der Waals surface area (Å²) in [5, 5.41) is 3.11. The van der Waals surface area contributed by atoms with Crippen LogP contribution in [0.25, 0.3) is 0 Å². The summed E-state index contributed by atoms with van der Waals surface area (Å²) >= 11 is 0. The average molecular weight is 253 g/mol. The number of nitrogens with one attached hydrogen (secondary N) is 1. The van der Waals surface area contributed by atoms with Gasteiger partial charge in [-0.3, -0.25) is 4.79 Å². The minimum absolute atomic E-state index is 0.0112. The number of carbonyl (C=O) groups excluding carboxylic acids is 1. The minimum atomic E-state index is -0.0112. The van der Waals surface area contributed by atoms with Gasteiger partial charge in [0.2, 0.25) is 0 Å². The first-order valence-corrected chi connectivity index (χ1v) is 6.72. The van der Waals surface area contributed by atoms with Crippen molar-refractivity contribution in [2.75, 3.05) is 0 Å². The van der Waals surface area contributed by atoms with Crippen LogP contribution < -0.4 is 5.32 Å². The van der Waals surface area contributed by atoms with Gasteiger partial charge in [0.25, 0.3) is 5.91 Å². The Morgan fingerprint density at radius 2 is 1.58 bits per heavy atom. The highest BCUT2D eigenvalue weighted by atomic mass is 16.1. The van der Waals surface area contributed by atoms with Crippen LogP contribution >= 0.6 is 0 Å². The van der Waals surface area contributed by atoms with Crippen molar-refractivity contribution in [2.24, 2.45) is 0 Å². The van der Waals surface area contributed by atoms with E-state index in [1.54, 1.807) is 0 Å². The maximum absolute atomic E-state index is 12.2. The number of hydrogen-bond acceptors (Lipinski definition) is 1. The van der Waals surface area contributed by atoms with E-state index in [0.29, 0.717) is 5.56 Å². The highest BCUT2D eigenvalue weighted by Gasteiger charge is 2.14. The van der Waals surface area contributed by atoms with Gasteiger partial charge < -0.3 is 5.32 Å². The van der Waals surface area contributed by atoms with Crippen LogP contribution in [0.5, 0.6) is 0 Å². The van der Waals surface area contributed by atoms with Crippen molar-refractivity contribution in [3.05, 3.63) is 71.8 Å². The van der Waals surface area contributed by atoms with Gasteiger partial charge in [-0.15, -0.1) is 0 Å². The Hall–Kier alpha value is -2.09. The molecule has 0 aliphatic heterocycles. The smallest absolute Gasteiger partial charge is 0.251 e. The van der Waals surface area contributed by atoms with Crippen molar-refractivity contribution in [3.8, 4) is 0 Å². The monoisotopic (exact) mass is 253 g/mol. The van der Waals surface area contributed by atoms with Gasteiger partial charge in [0.1, 0.15) is 0 Å². The topological polar surface area (TPSA) is 29.1 Å². The molecule has 0 saturated heterocycles. The molecule has 0 spiro atoms. The fourth-order valence-electron chi connectivity index (χ4n) is 2.13. The van der Waals surface area contributed by atoms with Crippen LogP contribution in [0.1, 0.15) is 41.7 Å². The zero-order valence-corrected chi connectivity index (χ0v) is 11.2. The molecule has 1 N–H and O–H groups in total. The third-order valence-electron chi connectivity index (χ3n) is 3.12. The summed E-state index contributed by atoms with van der Waals surface area (Å²) in [6.45, 7) is 2.13. The molecule has 0 fully saturated rings. The molecule has 0 aliphatic rings. The van der Waals surface area contributed by atoms with E-state index in [1.165, 1.54) is 0 Å². The van der Waals surface area contributed by atoms with Gasteiger partial charge in [-0.05, 0) is 24.1 Å². The summed E-state index contributed by atoms with van der Waals surface area (Å²) in [6, 6.07) is 19.6. The number of hydrogen-bond donors (Lipinski definition) is 1. The summed E-state index contributed by atoms with van der Waals surface area (Å²) in [7, 11) is 0. The molecule has 0 aromatic heterocycles. The quantitative estimate of drug-likeness (QED) is 0.858. The van der Waals surface area contributed by atoms with E-state index in [1.807, 2.05) is 48.5 Å². The van der Waals surface area contributed by atoms with Crippen molar-refractivity contribution in [2.45, 2.75) is 25.8 Å². The number of rotatable bonds is 5. The van der Waals surface area contributed by atoms with Crippen LogP contribution in [0.3, 0.4) is 0 Å². The molecule has 0 bridgehead atoms. The molecule has 1 atom stereocenters. The van der Waals surface area contributed by atoms with Crippen molar-refractivity contribution >= 4 is 5.91 Å². The molecule has 2 heteroatoms. The van der Waals surface area contributed by atoms with Crippen molar-refractivity contribution < 1.29 is 4.79 Å². The summed E-state index contributed by atoms with van der Waals surface area (Å²) < 4.78 is 0. The predicted molar refractivity (Wildman–Crippen MR) is 78.0 cm³/mol. The number of benzene rings is 2. The van der Waals surface area contributed by atoms with Gasteiger partial charge in [-0.25, -0.2) is 0 Å². The molecule has 2 aromatic rings. The molecule has 2 nitrogen and oxygen atoms in total. The van der Waals surface area contributed by atoms with Gasteiger partial charge in [0, 0.05) is 5.56 Å². The molecule has 1 amide bonds. The molecular weight excluding hydrogens is 234 g/mol. The lowest BCUT2D eigenvalue weighted by Crippen LogP contribution is -2.28. The maximum Gasteiger partial charge on any atom is 0.251 e. The Bertz CT molecular complexity index is 507. The Morgan fingerprint density at radius 1 is 1.00 bits per heavy atom. The van der Waals surface area contributed by atoms with Crippen LogP contribution in [0.2, 0.25) is 0 Å². The lowest BCUT2D eigenvalue weighted by atomic mass is 10.0. The summed E-state index contributed by atoms with van der Waals surface area (Å²) in [4.78, 5) is 12.2. The molecule has 2 rings (SSSR count). The summed E-state index contributed by atoms with van der Waals surface area (Å²) in [6.07, 6.45) is 1.98. The number of carbonyl (C=O) groups is 1. The van der Waals surface area contributed by atoms with Crippen LogP contribution in [0.15, 0.2) is 60.7 Å². The van der Waals surface area contributed by atoms with Crippen molar-refractivity contribution in [1.82, 2.24) is 5.32 Å². The zero-order chi connectivity index (χ0) is 13.5. The zero-order valence-electron chi connectivity index (χ0n) is 11.2. The SMILES string of the molecule is CCC[C@H](NC(=O)c1ccccc1)c1ccccc1. The lowest BCUT2D eigenvalue weighted by molar-refractivity contribution is 0.0934. The normalized spacial score (nSPS) is 11.8. The molecule has 2 aromatic carbocycles. The summed E-state index contributed by atoms with van der Waals surface area (Å²) in [5.74, 6) is -0.0112. The van der Waals surface area contributed by atoms with Gasteiger partial charge >= 0.3 is 0 Å². The predicted octanol–water partition coefficient (Wildman–Crippen LogP) is 3.96. The van der Waals surface area contributed by atoms with E-state index in [-0.39, 0.29) is 11.9 Å². The lowest BCUT2D eigenvalue weighted by Gasteiger charge is -2.18. The molecule has 0 unspecified atom stereocenters. The highest BCUT2D eigenvalue weighted by Crippen LogP contribution is 2.18. The first kappa shape index (κ1) is 13.3. The van der Waals surface area contributed by atoms with E-state index in [2.05, 4.69) is 24.4 Å². The van der Waals surface area contributed by atoms with Crippen LogP contribution in [0.4, 0.5) is 0 Å². The summed E-state index contributed by atoms with van der Waals surface area (Å²) in [5.41, 5.74) is 1.87. The van der Waals surface area contributed by atoms with E-state index in [9.17, 15) is 4.79 Å². The van der Waals surface area contributed by atoms with E-state index >= 15 is 0 Å². The van der Waals surface area contributed by atoms with Crippen LogP contribution in [-0.4, -0.2) is 5.91 Å². The van der Waals surface area contributed by atoms with Gasteiger partial charge in [0.05, 0.1) is 6.04 Å². The Balaban J connectivity index is 2.11. The van der Waals surface area contributed by atoms with E-state index in [0.717, 1.165) is 18.4 Å². The minimum Gasteiger partial charge on any atom is -0.345 e. The van der Waals surface area contributed by atoms with Crippen LogP contribution in [0, 0.1) is 0 Å². The first-order chi connectivity index (χ1) is 9.31. The highest BCUT2D eigenvalue weighted by molar-refractivity contribution is 5.94. The van der Waals surface area contributed by atoms with Crippen molar-refractivity contribution in [1.29, 1.82) is 0 Å². The Labute approximate surface area is 114 Å². The Morgan fingerprint density at radius 3 is 2.16 bits per heavy atom. The van der Waals surface area contributed by atoms with Crippen molar-refractivity contribution in [3.63, 3.8) is 0 Å². The molecule has 19 heavy (non-hydrogen) atoms. The second-order valence-electron chi connectivity index (χ2n) is 4.59. The second kappa shape index (κ2) is 6.74. The molecule has 98 valence electrons. The molecule has 0 heterocycles. The van der Waals surface area contributed by atoms with Gasteiger partial charge in [0.15, 0.2) is 0 Å². The third-order valence-corrected chi connectivity index (χ3v) is 3.12. The standard InChI is InChI=1S/C17H19NO/c1-2-9-16(14-10-5-3-6-11-14)18-17(19)15-12-7-4-8-13-15/h3-8,10-13,16H,2,9H2,1H3,(H,18,19)/t16-/m0/s1. The first-order valence-electron chi connectivity index (χ1n) is 6.72. The largest absolute Gasteiger partial charge is 0.345 e. The van der Waals surface area contributed by atoms with Crippen LogP contribution in [-0.2, 0) is 0 Å². The number of amides is 1. The maximum atomic E-state index is 12.2. The Kier molecular flexibility index (Phi) is 4.73. The van der Waals surface area contributed by atoms with Gasteiger partial charge in [-0.1, -0.05) is 61.9 Å². The average Bonchev–Trinajstić information content (AvgIpc) is 2.48. The fraction of sp³-hybridized carbons (Fsp3) is 0.235. The fourth-order valence-corrected chi connectivity index (χ4v) is 2.13. The van der Waals surface area contributed by atoms with E-state index in [4.69, 9.17) is 0 Å². The second-order valence-corrected chi connectivity index (χ2v) is 4.59. The molecule has 0 aliphatic carbocycles. The molecular formula is C17H19NO. The molecule has 0 radical (unpaired) electrons. The van der Waals surface area contributed by atoms with E-state index < -0.39 is 0 Å². The van der Waals surface area contributed by atoms with Gasteiger partial charge in [-0.2, -0.15) is 0 Å².